The Kier molecular flexibility index (Phi) is 5.16. The average Bonchev–Trinajstić information content (AvgIpc) is 3.24. The van der Waals surface area contributed by atoms with Gasteiger partial charge in [0.2, 0.25) is 0 Å². The SMILES string of the molecule is CN(CCNC(=O)Nc1ccc(CC(=O)O)cc1)C1CC1. The molecule has 0 radical (unpaired) electrons. The van der Waals surface area contributed by atoms with Crippen LogP contribution in [0.2, 0.25) is 0 Å². The number of carboxylic acid groups (broad SMARTS) is 1. The van der Waals surface area contributed by atoms with Crippen molar-refractivity contribution < 1.29 is 14.7 Å². The highest BCUT2D eigenvalue weighted by Gasteiger charge is 2.25. The molecular weight excluding hydrogens is 270 g/mol. The molecule has 6 heteroatoms. The molecule has 1 aromatic carbocycles. The van der Waals surface area contributed by atoms with E-state index in [1.807, 2.05) is 0 Å². The molecule has 0 bridgehead atoms. The quantitative estimate of drug-likeness (QED) is 0.711. The molecule has 0 aliphatic heterocycles. The van der Waals surface area contributed by atoms with Crippen molar-refractivity contribution in [2.75, 3.05) is 25.5 Å². The molecule has 1 saturated carbocycles. The molecular formula is C15H21N3O3. The topological polar surface area (TPSA) is 81.7 Å². The molecule has 114 valence electrons. The van der Waals surface area contributed by atoms with Crippen molar-refractivity contribution in [1.82, 2.24) is 10.2 Å². The van der Waals surface area contributed by atoms with Gasteiger partial charge in [0, 0.05) is 24.8 Å². The number of urea groups is 1. The highest BCUT2D eigenvalue weighted by atomic mass is 16.4. The minimum atomic E-state index is -0.867. The maximum atomic E-state index is 11.7. The van der Waals surface area contributed by atoms with Gasteiger partial charge in [0.15, 0.2) is 0 Å². The van der Waals surface area contributed by atoms with E-state index in [2.05, 4.69) is 22.6 Å². The number of rotatable bonds is 7. The third-order valence-corrected chi connectivity index (χ3v) is 3.49. The zero-order chi connectivity index (χ0) is 15.2. The Morgan fingerprint density at radius 3 is 2.52 bits per heavy atom. The predicted octanol–water partition coefficient (Wildman–Crippen LogP) is 1.53. The van der Waals surface area contributed by atoms with Gasteiger partial charge in [0.25, 0.3) is 0 Å². The van der Waals surface area contributed by atoms with Crippen molar-refractivity contribution in [3.05, 3.63) is 29.8 Å². The zero-order valence-corrected chi connectivity index (χ0v) is 12.1. The summed E-state index contributed by atoms with van der Waals surface area (Å²) in [4.78, 5) is 24.5. The Bertz CT molecular complexity index is 497. The second kappa shape index (κ2) is 7.08. The molecule has 6 nitrogen and oxygen atoms in total. The van der Waals surface area contributed by atoms with Crippen LogP contribution in [-0.4, -0.2) is 48.2 Å². The summed E-state index contributed by atoms with van der Waals surface area (Å²) in [6.07, 6.45) is 2.50. The molecule has 0 saturated heterocycles. The van der Waals surface area contributed by atoms with Crippen molar-refractivity contribution in [3.8, 4) is 0 Å². The minimum absolute atomic E-state index is 0.0139. The molecule has 2 rings (SSSR count). The first-order chi connectivity index (χ1) is 10.0. The largest absolute Gasteiger partial charge is 0.481 e. The van der Waals surface area contributed by atoms with Crippen LogP contribution < -0.4 is 10.6 Å². The number of carbonyl (C=O) groups is 2. The first-order valence-corrected chi connectivity index (χ1v) is 7.10. The van der Waals surface area contributed by atoms with E-state index in [0.717, 1.165) is 6.54 Å². The van der Waals surface area contributed by atoms with Crippen LogP contribution >= 0.6 is 0 Å². The number of amides is 2. The summed E-state index contributed by atoms with van der Waals surface area (Å²) in [7, 11) is 2.07. The average molecular weight is 291 g/mol. The van der Waals surface area contributed by atoms with Crippen LogP contribution in [0.3, 0.4) is 0 Å². The molecule has 1 aromatic rings. The first-order valence-electron chi connectivity index (χ1n) is 7.10. The molecule has 21 heavy (non-hydrogen) atoms. The fraction of sp³-hybridized carbons (Fsp3) is 0.467. The molecule has 0 atom stereocenters. The van der Waals surface area contributed by atoms with Gasteiger partial charge < -0.3 is 20.6 Å². The number of aliphatic carboxylic acids is 1. The Morgan fingerprint density at radius 1 is 1.29 bits per heavy atom. The van der Waals surface area contributed by atoms with Gasteiger partial charge in [-0.1, -0.05) is 12.1 Å². The molecule has 1 aliphatic carbocycles. The summed E-state index contributed by atoms with van der Waals surface area (Å²) in [6, 6.07) is 7.25. The Hall–Kier alpha value is -2.08. The molecule has 1 aliphatic rings. The lowest BCUT2D eigenvalue weighted by molar-refractivity contribution is -0.136. The molecule has 3 N–H and O–H groups in total. The summed E-state index contributed by atoms with van der Waals surface area (Å²) in [5.41, 5.74) is 1.36. The Morgan fingerprint density at radius 2 is 1.95 bits per heavy atom. The Balaban J connectivity index is 1.70. The van der Waals surface area contributed by atoms with E-state index in [4.69, 9.17) is 5.11 Å². The van der Waals surface area contributed by atoms with Crippen LogP contribution in [0.1, 0.15) is 18.4 Å². The van der Waals surface area contributed by atoms with Gasteiger partial charge in [-0.3, -0.25) is 4.79 Å². The zero-order valence-electron chi connectivity index (χ0n) is 12.1. The van der Waals surface area contributed by atoms with Gasteiger partial charge in [-0.2, -0.15) is 0 Å². The molecule has 1 fully saturated rings. The second-order valence-electron chi connectivity index (χ2n) is 5.36. The van der Waals surface area contributed by atoms with Crippen LogP contribution in [-0.2, 0) is 11.2 Å². The molecule has 0 heterocycles. The summed E-state index contributed by atoms with van der Waals surface area (Å²) in [5, 5.41) is 14.2. The van der Waals surface area contributed by atoms with E-state index in [9.17, 15) is 9.59 Å². The van der Waals surface area contributed by atoms with Crippen molar-refractivity contribution >= 4 is 17.7 Å². The van der Waals surface area contributed by atoms with Crippen LogP contribution in [0.4, 0.5) is 10.5 Å². The molecule has 2 amide bonds. The van der Waals surface area contributed by atoms with Crippen molar-refractivity contribution in [2.45, 2.75) is 25.3 Å². The van der Waals surface area contributed by atoms with E-state index in [1.54, 1.807) is 24.3 Å². The van der Waals surface area contributed by atoms with Crippen LogP contribution in [0, 0.1) is 0 Å². The summed E-state index contributed by atoms with van der Waals surface area (Å²) in [5.74, 6) is -0.867. The van der Waals surface area contributed by atoms with E-state index < -0.39 is 5.97 Å². The second-order valence-corrected chi connectivity index (χ2v) is 5.36. The normalized spacial score (nSPS) is 14.0. The van der Waals surface area contributed by atoms with Crippen molar-refractivity contribution in [3.63, 3.8) is 0 Å². The lowest BCUT2D eigenvalue weighted by Gasteiger charge is -2.16. The number of anilines is 1. The number of carbonyl (C=O) groups excluding carboxylic acids is 1. The van der Waals surface area contributed by atoms with Crippen molar-refractivity contribution in [1.29, 1.82) is 0 Å². The molecule has 0 spiro atoms. The number of hydrogen-bond donors (Lipinski definition) is 3. The fourth-order valence-electron chi connectivity index (χ4n) is 2.10. The summed E-state index contributed by atoms with van der Waals surface area (Å²) >= 11 is 0. The minimum Gasteiger partial charge on any atom is -0.481 e. The van der Waals surface area contributed by atoms with E-state index in [1.165, 1.54) is 12.8 Å². The van der Waals surface area contributed by atoms with Crippen LogP contribution in [0.15, 0.2) is 24.3 Å². The lowest BCUT2D eigenvalue weighted by Crippen LogP contribution is -2.36. The summed E-state index contributed by atoms with van der Waals surface area (Å²) < 4.78 is 0. The van der Waals surface area contributed by atoms with E-state index >= 15 is 0 Å². The molecule has 0 unspecified atom stereocenters. The lowest BCUT2D eigenvalue weighted by atomic mass is 10.1. The monoisotopic (exact) mass is 291 g/mol. The standard InChI is InChI=1S/C15H21N3O3/c1-18(13-6-7-13)9-8-16-15(21)17-12-4-2-11(3-5-12)10-14(19)20/h2-5,13H,6-10H2,1H3,(H,19,20)(H2,16,17,21). The maximum Gasteiger partial charge on any atom is 0.319 e. The van der Waals surface area contributed by atoms with Gasteiger partial charge in [0.1, 0.15) is 0 Å². The number of carboxylic acids is 1. The van der Waals surface area contributed by atoms with Gasteiger partial charge in [0.05, 0.1) is 6.42 Å². The number of nitrogens with zero attached hydrogens (tertiary/aromatic N) is 1. The Labute approximate surface area is 124 Å². The van der Waals surface area contributed by atoms with Gasteiger partial charge in [-0.25, -0.2) is 4.79 Å². The highest BCUT2D eigenvalue weighted by Crippen LogP contribution is 2.24. The van der Waals surface area contributed by atoms with Crippen LogP contribution in [0.5, 0.6) is 0 Å². The third-order valence-electron chi connectivity index (χ3n) is 3.49. The van der Waals surface area contributed by atoms with Gasteiger partial charge in [-0.15, -0.1) is 0 Å². The number of nitrogens with one attached hydrogen (secondary N) is 2. The van der Waals surface area contributed by atoms with Crippen LogP contribution in [0.25, 0.3) is 0 Å². The first kappa shape index (κ1) is 15.3. The fourth-order valence-corrected chi connectivity index (χ4v) is 2.10. The van der Waals surface area contributed by atoms with E-state index in [0.29, 0.717) is 23.8 Å². The highest BCUT2D eigenvalue weighted by molar-refractivity contribution is 5.89. The third kappa shape index (κ3) is 5.43. The van der Waals surface area contributed by atoms with Gasteiger partial charge in [-0.05, 0) is 37.6 Å². The smallest absolute Gasteiger partial charge is 0.319 e. The number of benzene rings is 1. The number of hydrogen-bond acceptors (Lipinski definition) is 3. The maximum absolute atomic E-state index is 11.7. The van der Waals surface area contributed by atoms with E-state index in [-0.39, 0.29) is 12.5 Å². The predicted molar refractivity (Wildman–Crippen MR) is 80.5 cm³/mol. The van der Waals surface area contributed by atoms with Crippen molar-refractivity contribution in [2.24, 2.45) is 0 Å². The molecule has 0 aromatic heterocycles. The number of likely N-dealkylation sites (N-methyl/N-ethyl adjacent to an activating group) is 1. The summed E-state index contributed by atoms with van der Waals surface area (Å²) in [6.45, 7) is 1.45. The van der Waals surface area contributed by atoms with Gasteiger partial charge >= 0.3 is 12.0 Å².